The van der Waals surface area contributed by atoms with Gasteiger partial charge in [-0.1, -0.05) is 42.5 Å². The summed E-state index contributed by atoms with van der Waals surface area (Å²) in [6.45, 7) is 5.30. The van der Waals surface area contributed by atoms with Gasteiger partial charge in [0, 0.05) is 12.6 Å². The first-order chi connectivity index (χ1) is 9.22. The summed E-state index contributed by atoms with van der Waals surface area (Å²) in [4.78, 5) is 2.36. The fourth-order valence-electron chi connectivity index (χ4n) is 2.19. The highest BCUT2D eigenvalue weighted by Crippen LogP contribution is 2.30. The van der Waals surface area contributed by atoms with Crippen LogP contribution in [0.1, 0.15) is 19.4 Å². The number of anilines is 1. The van der Waals surface area contributed by atoms with E-state index in [0.717, 1.165) is 18.0 Å². The van der Waals surface area contributed by atoms with Crippen LogP contribution < -0.4 is 9.64 Å². The second-order valence-corrected chi connectivity index (χ2v) is 4.88. The van der Waals surface area contributed by atoms with Crippen molar-refractivity contribution in [1.29, 1.82) is 0 Å². The summed E-state index contributed by atoms with van der Waals surface area (Å²) in [5.74, 6) is 0.923. The van der Waals surface area contributed by atoms with E-state index < -0.39 is 0 Å². The van der Waals surface area contributed by atoms with Gasteiger partial charge in [-0.05, 0) is 31.5 Å². The van der Waals surface area contributed by atoms with Crippen LogP contribution >= 0.6 is 0 Å². The average Bonchev–Trinajstić information content (AvgIpc) is 2.45. The molecule has 100 valence electrons. The van der Waals surface area contributed by atoms with Crippen molar-refractivity contribution < 1.29 is 4.74 Å². The lowest BCUT2D eigenvalue weighted by Gasteiger charge is -2.30. The first-order valence-corrected chi connectivity index (χ1v) is 6.66. The van der Waals surface area contributed by atoms with Gasteiger partial charge in [-0.15, -0.1) is 0 Å². The van der Waals surface area contributed by atoms with Crippen LogP contribution in [0, 0.1) is 0 Å². The lowest BCUT2D eigenvalue weighted by Crippen LogP contribution is -2.30. The Bertz CT molecular complexity index is 508. The van der Waals surface area contributed by atoms with Crippen molar-refractivity contribution in [3.05, 3.63) is 60.2 Å². The Labute approximate surface area is 115 Å². The molecule has 0 saturated carbocycles. The van der Waals surface area contributed by atoms with Crippen LogP contribution in [0.15, 0.2) is 54.6 Å². The van der Waals surface area contributed by atoms with Crippen LogP contribution in [0.5, 0.6) is 5.75 Å². The summed E-state index contributed by atoms with van der Waals surface area (Å²) in [7, 11) is 1.72. The van der Waals surface area contributed by atoms with Crippen molar-refractivity contribution in [1.82, 2.24) is 0 Å². The highest BCUT2D eigenvalue weighted by Gasteiger charge is 2.14. The Morgan fingerprint density at radius 2 is 1.58 bits per heavy atom. The van der Waals surface area contributed by atoms with Crippen molar-refractivity contribution in [2.45, 2.75) is 26.4 Å². The molecule has 0 N–H and O–H groups in total. The number of rotatable bonds is 5. The van der Waals surface area contributed by atoms with E-state index in [1.807, 2.05) is 18.2 Å². The molecule has 2 aromatic rings. The van der Waals surface area contributed by atoms with Gasteiger partial charge in [-0.3, -0.25) is 0 Å². The van der Waals surface area contributed by atoms with E-state index in [-0.39, 0.29) is 0 Å². The van der Waals surface area contributed by atoms with Crippen molar-refractivity contribution in [2.24, 2.45) is 0 Å². The van der Waals surface area contributed by atoms with Gasteiger partial charge in [-0.25, -0.2) is 0 Å². The molecule has 0 aliphatic carbocycles. The summed E-state index contributed by atoms with van der Waals surface area (Å²) >= 11 is 0. The SMILES string of the molecule is COc1ccccc1N(Cc1ccccc1)C(C)C. The molecule has 0 aliphatic heterocycles. The fourth-order valence-corrected chi connectivity index (χ4v) is 2.19. The van der Waals surface area contributed by atoms with Gasteiger partial charge in [0.25, 0.3) is 0 Å². The third-order valence-corrected chi connectivity index (χ3v) is 3.21. The van der Waals surface area contributed by atoms with Gasteiger partial charge < -0.3 is 9.64 Å². The minimum atomic E-state index is 0.413. The molecule has 0 radical (unpaired) electrons. The molecule has 0 bridgehead atoms. The van der Waals surface area contributed by atoms with Crippen LogP contribution in [-0.2, 0) is 6.54 Å². The van der Waals surface area contributed by atoms with E-state index in [4.69, 9.17) is 4.74 Å². The largest absolute Gasteiger partial charge is 0.495 e. The Kier molecular flexibility index (Phi) is 4.45. The molecule has 0 aromatic heterocycles. The zero-order valence-corrected chi connectivity index (χ0v) is 11.8. The minimum absolute atomic E-state index is 0.413. The quantitative estimate of drug-likeness (QED) is 0.797. The normalized spacial score (nSPS) is 10.5. The first-order valence-electron chi connectivity index (χ1n) is 6.66. The number of hydrogen-bond donors (Lipinski definition) is 0. The van der Waals surface area contributed by atoms with Crippen LogP contribution in [0.3, 0.4) is 0 Å². The zero-order chi connectivity index (χ0) is 13.7. The monoisotopic (exact) mass is 255 g/mol. The fraction of sp³-hybridized carbons (Fsp3) is 0.294. The van der Waals surface area contributed by atoms with E-state index in [0.29, 0.717) is 6.04 Å². The average molecular weight is 255 g/mol. The lowest BCUT2D eigenvalue weighted by atomic mass is 10.1. The topological polar surface area (TPSA) is 12.5 Å². The minimum Gasteiger partial charge on any atom is -0.495 e. The van der Waals surface area contributed by atoms with E-state index in [9.17, 15) is 0 Å². The van der Waals surface area contributed by atoms with Gasteiger partial charge >= 0.3 is 0 Å². The van der Waals surface area contributed by atoms with Crippen molar-refractivity contribution in [2.75, 3.05) is 12.0 Å². The Hall–Kier alpha value is -1.96. The smallest absolute Gasteiger partial charge is 0.142 e. The molecule has 0 heterocycles. The molecule has 2 rings (SSSR count). The third kappa shape index (κ3) is 3.28. The molecule has 2 aromatic carbocycles. The molecule has 0 unspecified atom stereocenters. The van der Waals surface area contributed by atoms with Crippen LogP contribution in [0.2, 0.25) is 0 Å². The number of methoxy groups -OCH3 is 1. The van der Waals surface area contributed by atoms with Crippen molar-refractivity contribution in [3.8, 4) is 5.75 Å². The van der Waals surface area contributed by atoms with Gasteiger partial charge in [0.15, 0.2) is 0 Å². The summed E-state index contributed by atoms with van der Waals surface area (Å²) in [5.41, 5.74) is 2.45. The highest BCUT2D eigenvalue weighted by molar-refractivity contribution is 5.59. The molecule has 0 amide bonds. The molecule has 0 saturated heterocycles. The molecule has 19 heavy (non-hydrogen) atoms. The second kappa shape index (κ2) is 6.28. The van der Waals surface area contributed by atoms with Crippen molar-refractivity contribution in [3.63, 3.8) is 0 Å². The molecule has 2 heteroatoms. The lowest BCUT2D eigenvalue weighted by molar-refractivity contribution is 0.413. The number of para-hydroxylation sites is 2. The van der Waals surface area contributed by atoms with E-state index >= 15 is 0 Å². The summed E-state index contributed by atoms with van der Waals surface area (Å²) < 4.78 is 5.47. The number of ether oxygens (including phenoxy) is 1. The van der Waals surface area contributed by atoms with Crippen molar-refractivity contribution >= 4 is 5.69 Å². The predicted octanol–water partition coefficient (Wildman–Crippen LogP) is 4.11. The maximum atomic E-state index is 5.47. The van der Waals surface area contributed by atoms with Gasteiger partial charge in [0.05, 0.1) is 12.8 Å². The highest BCUT2D eigenvalue weighted by atomic mass is 16.5. The van der Waals surface area contributed by atoms with Crippen LogP contribution in [0.4, 0.5) is 5.69 Å². The summed E-state index contributed by atoms with van der Waals surface area (Å²) in [6.07, 6.45) is 0. The Morgan fingerprint density at radius 1 is 0.947 bits per heavy atom. The maximum Gasteiger partial charge on any atom is 0.142 e. The molecule has 0 spiro atoms. The van der Waals surface area contributed by atoms with Gasteiger partial charge in [0.1, 0.15) is 5.75 Å². The Balaban J connectivity index is 2.30. The molecule has 0 fully saturated rings. The Morgan fingerprint density at radius 3 is 2.21 bits per heavy atom. The molecule has 2 nitrogen and oxygen atoms in total. The van der Waals surface area contributed by atoms with E-state index in [1.165, 1.54) is 5.56 Å². The molecule has 0 atom stereocenters. The third-order valence-electron chi connectivity index (χ3n) is 3.21. The summed E-state index contributed by atoms with van der Waals surface area (Å²) in [5, 5.41) is 0. The standard InChI is InChI=1S/C17H21NO/c1-14(2)18(13-15-9-5-4-6-10-15)16-11-7-8-12-17(16)19-3/h4-12,14H,13H2,1-3H3. The van der Waals surface area contributed by atoms with E-state index in [2.05, 4.69) is 55.1 Å². The first kappa shape index (κ1) is 13.5. The van der Waals surface area contributed by atoms with Gasteiger partial charge in [0.2, 0.25) is 0 Å². The van der Waals surface area contributed by atoms with Gasteiger partial charge in [-0.2, -0.15) is 0 Å². The maximum absolute atomic E-state index is 5.47. The second-order valence-electron chi connectivity index (χ2n) is 4.88. The molecular weight excluding hydrogens is 234 g/mol. The number of nitrogens with zero attached hydrogens (tertiary/aromatic N) is 1. The predicted molar refractivity (Wildman–Crippen MR) is 80.8 cm³/mol. The number of hydrogen-bond acceptors (Lipinski definition) is 2. The van der Waals surface area contributed by atoms with Crippen LogP contribution in [0.25, 0.3) is 0 Å². The zero-order valence-electron chi connectivity index (χ0n) is 11.8. The molecular formula is C17H21NO. The summed E-state index contributed by atoms with van der Waals surface area (Å²) in [6, 6.07) is 19.1. The molecule has 0 aliphatic rings. The van der Waals surface area contributed by atoms with Crippen LogP contribution in [-0.4, -0.2) is 13.2 Å². The van der Waals surface area contributed by atoms with E-state index in [1.54, 1.807) is 7.11 Å². The number of benzene rings is 2.